The summed E-state index contributed by atoms with van der Waals surface area (Å²) >= 11 is -2.22. The van der Waals surface area contributed by atoms with Crippen molar-refractivity contribution < 1.29 is 9.53 Å². The second kappa shape index (κ2) is 8.45. The van der Waals surface area contributed by atoms with Gasteiger partial charge in [0.25, 0.3) is 0 Å². The molecule has 0 heterocycles. The van der Waals surface area contributed by atoms with Crippen LogP contribution in [0.15, 0.2) is 0 Å². The molecule has 0 aliphatic rings. The number of rotatable bonds is 6. The SMILES string of the molecule is CCCCOC(=O)C[CH2][SnH]([Cl])[Cl]. The Bertz CT molecular complexity index is 131. The van der Waals surface area contributed by atoms with Crippen LogP contribution in [0.5, 0.6) is 0 Å². The van der Waals surface area contributed by atoms with Crippen molar-refractivity contribution in [2.75, 3.05) is 6.61 Å². The molecule has 0 aromatic rings. The quantitative estimate of drug-likeness (QED) is 0.427. The van der Waals surface area contributed by atoms with Gasteiger partial charge in [-0.3, -0.25) is 0 Å². The van der Waals surface area contributed by atoms with E-state index >= 15 is 0 Å². The van der Waals surface area contributed by atoms with Crippen LogP contribution in [0, 0.1) is 0 Å². The van der Waals surface area contributed by atoms with Crippen LogP contribution in [0.4, 0.5) is 0 Å². The molecule has 0 aliphatic carbocycles. The van der Waals surface area contributed by atoms with E-state index in [4.69, 9.17) is 22.6 Å². The van der Waals surface area contributed by atoms with Crippen molar-refractivity contribution in [3.05, 3.63) is 0 Å². The molecule has 0 spiro atoms. The van der Waals surface area contributed by atoms with Crippen LogP contribution < -0.4 is 0 Å². The summed E-state index contributed by atoms with van der Waals surface area (Å²) < 4.78 is 5.59. The number of hydrogen-bond donors (Lipinski definition) is 0. The molecule has 72 valence electrons. The summed E-state index contributed by atoms with van der Waals surface area (Å²) in [6, 6.07) is 0. The predicted octanol–water partition coefficient (Wildman–Crippen LogP) is 2.42. The van der Waals surface area contributed by atoms with Crippen molar-refractivity contribution in [2.45, 2.75) is 30.6 Å². The Morgan fingerprint density at radius 1 is 1.50 bits per heavy atom. The van der Waals surface area contributed by atoms with Crippen molar-refractivity contribution in [2.24, 2.45) is 0 Å². The van der Waals surface area contributed by atoms with Gasteiger partial charge in [-0.15, -0.1) is 0 Å². The Morgan fingerprint density at radius 2 is 2.17 bits per heavy atom. The Labute approximate surface area is 87.7 Å². The number of halogens is 2. The standard InChI is InChI=1S/C7H13O2.2ClH.Sn.H/c1-3-5-6-9-7(8)4-2;;;;/h2-6H2,1H3;2*1H;;/q;;;+2;/p-2. The molecule has 0 atom stereocenters. The number of esters is 1. The average Bonchev–Trinajstić information content (AvgIpc) is 2.01. The van der Waals surface area contributed by atoms with E-state index in [0.717, 1.165) is 12.8 Å². The molecule has 0 saturated carbocycles. The molecular weight excluding hydrogens is 306 g/mol. The maximum absolute atomic E-state index is 10.9. The minimum atomic E-state index is -2.22. The van der Waals surface area contributed by atoms with Crippen molar-refractivity contribution in [1.82, 2.24) is 0 Å². The van der Waals surface area contributed by atoms with Crippen LogP contribution in [0.25, 0.3) is 0 Å². The number of carbonyl (C=O) groups excluding carboxylic acids is 1. The molecule has 12 heavy (non-hydrogen) atoms. The summed E-state index contributed by atoms with van der Waals surface area (Å²) in [5, 5.41) is 0. The van der Waals surface area contributed by atoms with E-state index < -0.39 is 17.5 Å². The molecular formula is C7H14Cl2O2Sn. The van der Waals surface area contributed by atoms with Gasteiger partial charge < -0.3 is 0 Å². The molecule has 0 saturated heterocycles. The van der Waals surface area contributed by atoms with Gasteiger partial charge >= 0.3 is 88.1 Å². The van der Waals surface area contributed by atoms with E-state index in [1.54, 1.807) is 0 Å². The van der Waals surface area contributed by atoms with Gasteiger partial charge in [-0.05, 0) is 0 Å². The summed E-state index contributed by atoms with van der Waals surface area (Å²) in [6.07, 6.45) is 2.37. The van der Waals surface area contributed by atoms with Crippen LogP contribution in [-0.4, -0.2) is 30.1 Å². The molecule has 0 fully saturated rings. The third kappa shape index (κ3) is 8.94. The van der Waals surface area contributed by atoms with E-state index in [9.17, 15) is 4.79 Å². The first-order chi connectivity index (χ1) is 5.66. The van der Waals surface area contributed by atoms with Crippen LogP contribution in [-0.2, 0) is 9.53 Å². The summed E-state index contributed by atoms with van der Waals surface area (Å²) in [5.74, 6) is -0.161. The van der Waals surface area contributed by atoms with Gasteiger partial charge in [0.05, 0.1) is 0 Å². The van der Waals surface area contributed by atoms with Gasteiger partial charge in [0.1, 0.15) is 0 Å². The van der Waals surface area contributed by atoms with Gasteiger partial charge in [-0.2, -0.15) is 0 Å². The van der Waals surface area contributed by atoms with Gasteiger partial charge in [0.2, 0.25) is 0 Å². The molecule has 0 aliphatic heterocycles. The first-order valence-corrected chi connectivity index (χ1v) is 14.8. The van der Waals surface area contributed by atoms with Gasteiger partial charge in [-0.25, -0.2) is 0 Å². The summed E-state index contributed by atoms with van der Waals surface area (Å²) in [4.78, 5) is 10.9. The van der Waals surface area contributed by atoms with Crippen LogP contribution >= 0.6 is 17.8 Å². The summed E-state index contributed by atoms with van der Waals surface area (Å²) in [5.41, 5.74) is 0. The first-order valence-electron chi connectivity index (χ1n) is 4.10. The Balaban J connectivity index is 3.22. The second-order valence-corrected chi connectivity index (χ2v) is 15.0. The zero-order chi connectivity index (χ0) is 9.40. The Kier molecular flexibility index (Phi) is 9.04. The zero-order valence-electron chi connectivity index (χ0n) is 7.19. The second-order valence-electron chi connectivity index (χ2n) is 2.50. The Morgan fingerprint density at radius 3 is 2.67 bits per heavy atom. The zero-order valence-corrected chi connectivity index (χ0v) is 12.0. The Hall–Kier alpha value is 0.849. The van der Waals surface area contributed by atoms with E-state index in [2.05, 4.69) is 6.92 Å². The molecule has 0 rings (SSSR count). The molecule has 0 aromatic heterocycles. The molecule has 5 heteroatoms. The van der Waals surface area contributed by atoms with Crippen LogP contribution in [0.3, 0.4) is 0 Å². The van der Waals surface area contributed by atoms with Crippen molar-refractivity contribution in [3.8, 4) is 0 Å². The number of carbonyl (C=O) groups is 1. The molecule has 0 radical (unpaired) electrons. The molecule has 2 nitrogen and oxygen atoms in total. The molecule has 0 amide bonds. The molecule has 0 bridgehead atoms. The fourth-order valence-corrected chi connectivity index (χ4v) is 3.39. The number of ether oxygens (including phenoxy) is 1. The monoisotopic (exact) mass is 320 g/mol. The van der Waals surface area contributed by atoms with Crippen molar-refractivity contribution in [1.29, 1.82) is 0 Å². The fraction of sp³-hybridized carbons (Fsp3) is 0.857. The van der Waals surface area contributed by atoms with E-state index in [-0.39, 0.29) is 5.97 Å². The normalized spacial score (nSPS) is 10.3. The molecule has 0 aromatic carbocycles. The number of hydrogen-bond acceptors (Lipinski definition) is 2. The van der Waals surface area contributed by atoms with Crippen molar-refractivity contribution in [3.63, 3.8) is 0 Å². The van der Waals surface area contributed by atoms with Crippen molar-refractivity contribution >= 4 is 41.3 Å². The predicted molar refractivity (Wildman–Crippen MR) is 54.1 cm³/mol. The fourth-order valence-electron chi connectivity index (χ4n) is 0.629. The molecule has 0 N–H and O–H groups in total. The van der Waals surface area contributed by atoms with Gasteiger partial charge in [0, 0.05) is 0 Å². The molecule has 0 unspecified atom stereocenters. The minimum absolute atomic E-state index is 0.161. The first kappa shape index (κ1) is 12.8. The third-order valence-corrected chi connectivity index (χ3v) is 6.32. The maximum atomic E-state index is 10.9. The number of unbranched alkanes of at least 4 members (excludes halogenated alkanes) is 1. The van der Waals surface area contributed by atoms with Gasteiger partial charge in [-0.1, -0.05) is 0 Å². The van der Waals surface area contributed by atoms with Gasteiger partial charge in [0.15, 0.2) is 0 Å². The third-order valence-electron chi connectivity index (χ3n) is 1.33. The average molecular weight is 320 g/mol. The summed E-state index contributed by atoms with van der Waals surface area (Å²) in [6.45, 7) is 2.58. The van der Waals surface area contributed by atoms with E-state index in [1.807, 2.05) is 0 Å². The van der Waals surface area contributed by atoms with E-state index in [1.165, 1.54) is 0 Å². The van der Waals surface area contributed by atoms with Crippen LogP contribution in [0.1, 0.15) is 26.2 Å². The summed E-state index contributed by atoms with van der Waals surface area (Å²) in [7, 11) is 11.3. The van der Waals surface area contributed by atoms with E-state index in [0.29, 0.717) is 17.5 Å². The topological polar surface area (TPSA) is 26.3 Å². The van der Waals surface area contributed by atoms with Crippen LogP contribution in [0.2, 0.25) is 4.44 Å².